The summed E-state index contributed by atoms with van der Waals surface area (Å²) >= 11 is 0. The van der Waals surface area contributed by atoms with Gasteiger partial charge in [-0.15, -0.1) is 0 Å². The Balaban J connectivity index is 2.99. The molecule has 0 aliphatic rings. The van der Waals surface area contributed by atoms with Crippen molar-refractivity contribution in [3.05, 3.63) is 29.3 Å². The predicted molar refractivity (Wildman–Crippen MR) is 77.1 cm³/mol. The van der Waals surface area contributed by atoms with Crippen LogP contribution in [0.3, 0.4) is 0 Å². The Kier molecular flexibility index (Phi) is 4.94. The molecule has 0 aromatic heterocycles. The average Bonchev–Trinajstić information content (AvgIpc) is 2.34. The normalized spacial score (nSPS) is 14.8. The molecule has 6 heteroatoms. The van der Waals surface area contributed by atoms with E-state index in [1.807, 2.05) is 19.9 Å². The van der Waals surface area contributed by atoms with Crippen molar-refractivity contribution in [1.29, 1.82) is 0 Å². The van der Waals surface area contributed by atoms with Gasteiger partial charge in [-0.05, 0) is 50.5 Å². The summed E-state index contributed by atoms with van der Waals surface area (Å²) in [6.45, 7) is 6.76. The van der Waals surface area contributed by atoms with Crippen LogP contribution in [0, 0.1) is 19.3 Å². The van der Waals surface area contributed by atoms with Crippen molar-refractivity contribution < 1.29 is 18.3 Å². The van der Waals surface area contributed by atoms with Crippen molar-refractivity contribution >= 4 is 16.0 Å². The number of aryl methyl sites for hydroxylation is 2. The lowest BCUT2D eigenvalue weighted by molar-refractivity contribution is -0.147. The Hall–Kier alpha value is -1.40. The summed E-state index contributed by atoms with van der Waals surface area (Å²) in [5.74, 6) is -1.01. The summed E-state index contributed by atoms with van der Waals surface area (Å²) in [7, 11) is -3.70. The molecule has 0 saturated heterocycles. The van der Waals surface area contributed by atoms with Gasteiger partial charge in [0.1, 0.15) is 0 Å². The van der Waals surface area contributed by atoms with Crippen molar-refractivity contribution in [3.63, 3.8) is 0 Å². The van der Waals surface area contributed by atoms with Gasteiger partial charge < -0.3 is 5.11 Å². The van der Waals surface area contributed by atoms with Crippen LogP contribution in [0.5, 0.6) is 0 Å². The molecule has 20 heavy (non-hydrogen) atoms. The zero-order valence-corrected chi connectivity index (χ0v) is 13.0. The summed E-state index contributed by atoms with van der Waals surface area (Å²) in [4.78, 5) is 11.3. The van der Waals surface area contributed by atoms with Crippen LogP contribution in [-0.2, 0) is 14.8 Å². The van der Waals surface area contributed by atoms with Gasteiger partial charge in [-0.1, -0.05) is 13.0 Å². The van der Waals surface area contributed by atoms with Crippen LogP contribution >= 0.6 is 0 Å². The van der Waals surface area contributed by atoms with Crippen LogP contribution in [0.25, 0.3) is 0 Å². The fourth-order valence-electron chi connectivity index (χ4n) is 1.78. The van der Waals surface area contributed by atoms with Crippen LogP contribution < -0.4 is 4.72 Å². The molecule has 0 heterocycles. The van der Waals surface area contributed by atoms with E-state index < -0.39 is 21.4 Å². The maximum atomic E-state index is 12.2. The number of nitrogens with one attached hydrogen (secondary N) is 1. The molecule has 1 unspecified atom stereocenters. The number of carboxylic acid groups (broad SMARTS) is 1. The molecule has 1 rings (SSSR count). The third-order valence-corrected chi connectivity index (χ3v) is 4.84. The standard InChI is InChI=1S/C14H21NO4S/c1-5-14(4,13(16)17)9-15-20(18,19)12-7-10(2)6-11(3)8-12/h6-8,15H,5,9H2,1-4H3,(H,16,17). The molecule has 0 aliphatic carbocycles. The maximum absolute atomic E-state index is 12.2. The Morgan fingerprint density at radius 3 is 2.15 bits per heavy atom. The molecular formula is C14H21NO4S. The van der Waals surface area contributed by atoms with Gasteiger partial charge >= 0.3 is 5.97 Å². The molecule has 0 amide bonds. The lowest BCUT2D eigenvalue weighted by Gasteiger charge is -2.23. The highest BCUT2D eigenvalue weighted by atomic mass is 32.2. The zero-order chi connectivity index (χ0) is 15.6. The molecule has 1 aromatic carbocycles. The number of rotatable bonds is 6. The number of hydrogen-bond donors (Lipinski definition) is 2. The second-order valence-corrected chi connectivity index (χ2v) is 7.13. The Bertz CT molecular complexity index is 589. The first-order valence-electron chi connectivity index (χ1n) is 6.42. The highest BCUT2D eigenvalue weighted by molar-refractivity contribution is 7.89. The molecule has 112 valence electrons. The first-order valence-corrected chi connectivity index (χ1v) is 7.90. The molecule has 2 N–H and O–H groups in total. The van der Waals surface area contributed by atoms with E-state index >= 15 is 0 Å². The lowest BCUT2D eigenvalue weighted by Crippen LogP contribution is -2.40. The molecule has 0 saturated carbocycles. The largest absolute Gasteiger partial charge is 0.481 e. The predicted octanol–water partition coefficient (Wildman–Crippen LogP) is 2.08. The first kappa shape index (κ1) is 16.7. The molecule has 0 radical (unpaired) electrons. The van der Waals surface area contributed by atoms with Gasteiger partial charge in [0.2, 0.25) is 10.0 Å². The summed E-state index contributed by atoms with van der Waals surface area (Å²) in [6, 6.07) is 5.02. The topological polar surface area (TPSA) is 83.5 Å². The van der Waals surface area contributed by atoms with Crippen molar-refractivity contribution in [1.82, 2.24) is 4.72 Å². The van der Waals surface area contributed by atoms with E-state index in [-0.39, 0.29) is 11.4 Å². The van der Waals surface area contributed by atoms with Gasteiger partial charge in [-0.3, -0.25) is 4.79 Å². The van der Waals surface area contributed by atoms with E-state index in [0.717, 1.165) is 11.1 Å². The number of sulfonamides is 1. The Labute approximate surface area is 120 Å². The molecule has 1 atom stereocenters. The van der Waals surface area contributed by atoms with E-state index in [1.165, 1.54) is 6.92 Å². The average molecular weight is 299 g/mol. The quantitative estimate of drug-likeness (QED) is 0.842. The van der Waals surface area contributed by atoms with Crippen molar-refractivity contribution in [2.24, 2.45) is 5.41 Å². The maximum Gasteiger partial charge on any atom is 0.310 e. The van der Waals surface area contributed by atoms with Gasteiger partial charge in [0.15, 0.2) is 0 Å². The van der Waals surface area contributed by atoms with Gasteiger partial charge in [0, 0.05) is 6.54 Å². The van der Waals surface area contributed by atoms with E-state index in [2.05, 4.69) is 4.72 Å². The molecule has 0 bridgehead atoms. The molecule has 5 nitrogen and oxygen atoms in total. The van der Waals surface area contributed by atoms with E-state index in [4.69, 9.17) is 5.11 Å². The smallest absolute Gasteiger partial charge is 0.310 e. The first-order chi connectivity index (χ1) is 9.10. The van der Waals surface area contributed by atoms with Gasteiger partial charge in [-0.25, -0.2) is 13.1 Å². The van der Waals surface area contributed by atoms with Crippen LogP contribution in [-0.4, -0.2) is 26.0 Å². The monoisotopic (exact) mass is 299 g/mol. The second-order valence-electron chi connectivity index (χ2n) is 5.37. The molecule has 1 aromatic rings. The Morgan fingerprint density at radius 2 is 1.75 bits per heavy atom. The Morgan fingerprint density at radius 1 is 1.25 bits per heavy atom. The number of benzene rings is 1. The fraction of sp³-hybridized carbons (Fsp3) is 0.500. The SMILES string of the molecule is CCC(C)(CNS(=O)(=O)c1cc(C)cc(C)c1)C(=O)O. The molecule has 0 aliphatic heterocycles. The molecule has 0 fully saturated rings. The van der Waals surface area contributed by atoms with Crippen LogP contribution in [0.4, 0.5) is 0 Å². The number of aliphatic carboxylic acids is 1. The zero-order valence-electron chi connectivity index (χ0n) is 12.2. The second kappa shape index (κ2) is 5.93. The van der Waals surface area contributed by atoms with Crippen LogP contribution in [0.15, 0.2) is 23.1 Å². The third-order valence-electron chi connectivity index (χ3n) is 3.45. The van der Waals surface area contributed by atoms with Gasteiger partial charge in [0.25, 0.3) is 0 Å². The van der Waals surface area contributed by atoms with Crippen LogP contribution in [0.2, 0.25) is 0 Å². The number of carbonyl (C=O) groups is 1. The van der Waals surface area contributed by atoms with E-state index in [1.54, 1.807) is 19.1 Å². The molecular weight excluding hydrogens is 278 g/mol. The van der Waals surface area contributed by atoms with E-state index in [9.17, 15) is 13.2 Å². The summed E-state index contributed by atoms with van der Waals surface area (Å²) in [5.41, 5.74) is 0.593. The summed E-state index contributed by atoms with van der Waals surface area (Å²) < 4.78 is 26.8. The lowest BCUT2D eigenvalue weighted by atomic mass is 9.88. The van der Waals surface area contributed by atoms with Crippen molar-refractivity contribution in [2.75, 3.05) is 6.54 Å². The highest BCUT2D eigenvalue weighted by Gasteiger charge is 2.32. The van der Waals surface area contributed by atoms with Crippen molar-refractivity contribution in [2.45, 2.75) is 39.0 Å². The summed E-state index contributed by atoms with van der Waals surface area (Å²) in [5, 5.41) is 9.15. The molecule has 0 spiro atoms. The van der Waals surface area contributed by atoms with Gasteiger partial charge in [0.05, 0.1) is 10.3 Å². The fourth-order valence-corrected chi connectivity index (χ4v) is 3.13. The number of carboxylic acids is 1. The minimum absolute atomic E-state index is 0.131. The van der Waals surface area contributed by atoms with Gasteiger partial charge in [-0.2, -0.15) is 0 Å². The minimum atomic E-state index is -3.70. The minimum Gasteiger partial charge on any atom is -0.481 e. The highest BCUT2D eigenvalue weighted by Crippen LogP contribution is 2.21. The number of hydrogen-bond acceptors (Lipinski definition) is 3. The van der Waals surface area contributed by atoms with Crippen LogP contribution in [0.1, 0.15) is 31.4 Å². The van der Waals surface area contributed by atoms with E-state index in [0.29, 0.717) is 6.42 Å². The third kappa shape index (κ3) is 3.80. The van der Waals surface area contributed by atoms with Crippen molar-refractivity contribution in [3.8, 4) is 0 Å². The summed E-state index contributed by atoms with van der Waals surface area (Å²) in [6.07, 6.45) is 0.345.